The molecule has 0 atom stereocenters. The highest BCUT2D eigenvalue weighted by atomic mass is 16.6. The molecule has 0 fully saturated rings. The summed E-state index contributed by atoms with van der Waals surface area (Å²) in [6, 6.07) is 12.3. The van der Waals surface area contributed by atoms with E-state index in [-0.39, 0.29) is 13.0 Å². The molecule has 2 aromatic carbocycles. The van der Waals surface area contributed by atoms with Crippen molar-refractivity contribution in [2.75, 3.05) is 13.2 Å². The van der Waals surface area contributed by atoms with E-state index in [0.29, 0.717) is 13.0 Å². The molecule has 0 spiro atoms. The number of fused-ring (bicyclic) bond motifs is 2. The highest BCUT2D eigenvalue weighted by Crippen LogP contribution is 2.24. The first kappa shape index (κ1) is 19.9. The van der Waals surface area contributed by atoms with E-state index in [2.05, 4.69) is 41.8 Å². The number of carboxylic acids is 1. The molecule has 0 bridgehead atoms. The molecule has 0 radical (unpaired) electrons. The maximum Gasteiger partial charge on any atom is 0.303 e. The van der Waals surface area contributed by atoms with E-state index in [0.717, 1.165) is 40.1 Å². The van der Waals surface area contributed by atoms with Gasteiger partial charge in [0.25, 0.3) is 0 Å². The Hall–Kier alpha value is -2.86. The molecule has 0 aliphatic carbocycles. The van der Waals surface area contributed by atoms with Gasteiger partial charge in [0, 0.05) is 23.7 Å². The van der Waals surface area contributed by atoms with Gasteiger partial charge in [0.2, 0.25) is 0 Å². The minimum Gasteiger partial charge on any atom is -0.481 e. The summed E-state index contributed by atoms with van der Waals surface area (Å²) in [5.74, 6) is -0.828. The molecule has 6 heteroatoms. The summed E-state index contributed by atoms with van der Waals surface area (Å²) in [6.07, 6.45) is 1.39. The smallest absolute Gasteiger partial charge is 0.303 e. The predicted octanol–water partition coefficient (Wildman–Crippen LogP) is 3.46. The van der Waals surface area contributed by atoms with E-state index in [9.17, 15) is 4.79 Å². The second-order valence-corrected chi connectivity index (χ2v) is 6.99. The molecule has 6 nitrogen and oxygen atoms in total. The Balaban J connectivity index is 2.22. The predicted molar refractivity (Wildman–Crippen MR) is 111 cm³/mol. The van der Waals surface area contributed by atoms with E-state index in [4.69, 9.17) is 15.7 Å². The zero-order chi connectivity index (χ0) is 20.1. The van der Waals surface area contributed by atoms with E-state index in [1.165, 1.54) is 11.1 Å². The fourth-order valence-electron chi connectivity index (χ4n) is 3.49. The molecular weight excluding hydrogens is 354 g/mol. The van der Waals surface area contributed by atoms with Crippen LogP contribution in [0.2, 0.25) is 0 Å². The van der Waals surface area contributed by atoms with Crippen LogP contribution in [-0.4, -0.2) is 28.8 Å². The number of carboxylic acid groups (broad SMARTS) is 1. The van der Waals surface area contributed by atoms with Crippen molar-refractivity contribution in [3.63, 3.8) is 0 Å². The first-order valence-electron chi connectivity index (χ1n) is 9.64. The molecule has 0 amide bonds. The number of benzene rings is 2. The van der Waals surface area contributed by atoms with Gasteiger partial charge in [0.05, 0.1) is 11.0 Å². The first-order valence-corrected chi connectivity index (χ1v) is 9.64. The van der Waals surface area contributed by atoms with Crippen LogP contribution in [0, 0.1) is 13.8 Å². The highest BCUT2D eigenvalue weighted by Gasteiger charge is 2.13. The van der Waals surface area contributed by atoms with E-state index < -0.39 is 5.97 Å². The number of hydrogen-bond acceptors (Lipinski definition) is 4. The SMILES string of the molecule is Cc1ccc2c(=NOCCCC(=O)O)c3ccccc3n(CCCN)c2c1C. The molecule has 1 aromatic heterocycles. The average molecular weight is 381 g/mol. The summed E-state index contributed by atoms with van der Waals surface area (Å²) >= 11 is 0. The van der Waals surface area contributed by atoms with Crippen molar-refractivity contribution in [2.24, 2.45) is 10.9 Å². The second-order valence-electron chi connectivity index (χ2n) is 6.99. The molecule has 3 aromatic rings. The van der Waals surface area contributed by atoms with Crippen LogP contribution in [0.25, 0.3) is 21.8 Å². The highest BCUT2D eigenvalue weighted by molar-refractivity contribution is 5.95. The van der Waals surface area contributed by atoms with Gasteiger partial charge in [-0.1, -0.05) is 35.5 Å². The normalized spacial score (nSPS) is 12.0. The van der Waals surface area contributed by atoms with Crippen LogP contribution in [0.3, 0.4) is 0 Å². The zero-order valence-electron chi connectivity index (χ0n) is 16.4. The molecule has 0 aliphatic heterocycles. The van der Waals surface area contributed by atoms with Crippen LogP contribution in [0.4, 0.5) is 0 Å². The third-order valence-corrected chi connectivity index (χ3v) is 5.04. The lowest BCUT2D eigenvalue weighted by Crippen LogP contribution is -2.16. The summed E-state index contributed by atoms with van der Waals surface area (Å²) in [5, 5.41) is 16.0. The number of aromatic nitrogens is 1. The molecule has 0 saturated carbocycles. The van der Waals surface area contributed by atoms with Crippen LogP contribution in [0.15, 0.2) is 41.6 Å². The maximum absolute atomic E-state index is 10.7. The zero-order valence-corrected chi connectivity index (χ0v) is 16.4. The maximum atomic E-state index is 10.7. The molecule has 28 heavy (non-hydrogen) atoms. The quantitative estimate of drug-likeness (QED) is 0.355. The topological polar surface area (TPSA) is 89.8 Å². The lowest BCUT2D eigenvalue weighted by atomic mass is 10.0. The van der Waals surface area contributed by atoms with Crippen molar-refractivity contribution in [1.29, 1.82) is 0 Å². The van der Waals surface area contributed by atoms with Crippen molar-refractivity contribution in [3.05, 3.63) is 52.9 Å². The monoisotopic (exact) mass is 381 g/mol. The lowest BCUT2D eigenvalue weighted by molar-refractivity contribution is -0.137. The van der Waals surface area contributed by atoms with E-state index >= 15 is 0 Å². The van der Waals surface area contributed by atoms with Gasteiger partial charge in [-0.25, -0.2) is 0 Å². The molecule has 0 aliphatic rings. The lowest BCUT2D eigenvalue weighted by Gasteiger charge is -2.18. The molecule has 3 N–H and O–H groups in total. The largest absolute Gasteiger partial charge is 0.481 e. The Morgan fingerprint density at radius 3 is 2.68 bits per heavy atom. The second kappa shape index (κ2) is 8.89. The minimum absolute atomic E-state index is 0.0726. The summed E-state index contributed by atoms with van der Waals surface area (Å²) in [6.45, 7) is 5.97. The molecule has 1 heterocycles. The van der Waals surface area contributed by atoms with Crippen LogP contribution in [0.1, 0.15) is 30.4 Å². The summed E-state index contributed by atoms with van der Waals surface area (Å²) < 4.78 is 2.32. The van der Waals surface area contributed by atoms with Crippen molar-refractivity contribution in [2.45, 2.75) is 39.7 Å². The standard InChI is InChI=1S/C22H27N3O3/c1-15-10-11-18-21(24-28-14-5-9-20(26)27)17-7-3-4-8-19(17)25(13-6-12-23)22(18)16(15)2/h3-4,7-8,10-11H,5-6,9,12-14,23H2,1-2H3,(H,26,27). The van der Waals surface area contributed by atoms with E-state index in [1.54, 1.807) is 0 Å². The first-order chi connectivity index (χ1) is 13.5. The average Bonchev–Trinajstić information content (AvgIpc) is 2.69. The van der Waals surface area contributed by atoms with Gasteiger partial charge < -0.3 is 20.2 Å². The molecular formula is C22H27N3O3. The van der Waals surface area contributed by atoms with Crippen molar-refractivity contribution in [1.82, 2.24) is 4.57 Å². The van der Waals surface area contributed by atoms with Gasteiger partial charge in [0.1, 0.15) is 12.0 Å². The van der Waals surface area contributed by atoms with Crippen LogP contribution in [-0.2, 0) is 16.2 Å². The summed E-state index contributed by atoms with van der Waals surface area (Å²) in [7, 11) is 0. The Morgan fingerprint density at radius 1 is 1.14 bits per heavy atom. The molecule has 148 valence electrons. The number of aliphatic carboxylic acids is 1. The Morgan fingerprint density at radius 2 is 1.93 bits per heavy atom. The Kier molecular flexibility index (Phi) is 6.31. The number of para-hydroxylation sites is 1. The van der Waals surface area contributed by atoms with Crippen molar-refractivity contribution >= 4 is 27.8 Å². The number of aryl methyl sites for hydroxylation is 3. The van der Waals surface area contributed by atoms with Gasteiger partial charge in [-0.3, -0.25) is 4.79 Å². The van der Waals surface area contributed by atoms with Crippen LogP contribution >= 0.6 is 0 Å². The van der Waals surface area contributed by atoms with Crippen molar-refractivity contribution < 1.29 is 14.7 Å². The van der Waals surface area contributed by atoms with Gasteiger partial charge in [-0.2, -0.15) is 0 Å². The van der Waals surface area contributed by atoms with Gasteiger partial charge in [0.15, 0.2) is 0 Å². The Bertz CT molecular complexity index is 1070. The Labute approximate surface area is 164 Å². The fraction of sp³-hybridized carbons (Fsp3) is 0.364. The van der Waals surface area contributed by atoms with Gasteiger partial charge >= 0.3 is 5.97 Å². The third kappa shape index (κ3) is 4.02. The number of nitrogens with two attached hydrogens (primary N) is 1. The number of pyridine rings is 1. The number of hydrogen-bond donors (Lipinski definition) is 2. The number of nitrogens with zero attached hydrogens (tertiary/aromatic N) is 2. The number of carbonyl (C=O) groups is 1. The molecule has 3 rings (SSSR count). The fourth-order valence-corrected chi connectivity index (χ4v) is 3.49. The van der Waals surface area contributed by atoms with Crippen LogP contribution in [0.5, 0.6) is 0 Å². The van der Waals surface area contributed by atoms with Gasteiger partial charge in [-0.05, 0) is 50.4 Å². The molecule has 0 unspecified atom stereocenters. The summed E-state index contributed by atoms with van der Waals surface area (Å²) in [4.78, 5) is 16.2. The summed E-state index contributed by atoms with van der Waals surface area (Å²) in [5.41, 5.74) is 10.4. The third-order valence-electron chi connectivity index (χ3n) is 5.04. The van der Waals surface area contributed by atoms with E-state index in [1.807, 2.05) is 18.2 Å². The van der Waals surface area contributed by atoms with Crippen LogP contribution < -0.4 is 11.1 Å². The van der Waals surface area contributed by atoms with Crippen molar-refractivity contribution in [3.8, 4) is 0 Å². The molecule has 0 saturated heterocycles. The number of rotatable bonds is 8. The minimum atomic E-state index is -0.828. The van der Waals surface area contributed by atoms with Gasteiger partial charge in [-0.15, -0.1) is 0 Å².